The molecule has 1 aromatic carbocycles. The van der Waals surface area contributed by atoms with Crippen LogP contribution in [-0.2, 0) is 20.6 Å². The van der Waals surface area contributed by atoms with E-state index in [1.165, 1.54) is 29.8 Å². The minimum Gasteiger partial charge on any atom is -0.366 e. The Morgan fingerprint density at radius 2 is 1.71 bits per heavy atom. The molecule has 0 atom stereocenters. The molecule has 5 nitrogen and oxygen atoms in total. The summed E-state index contributed by atoms with van der Waals surface area (Å²) in [6.07, 6.45) is 0. The van der Waals surface area contributed by atoms with Gasteiger partial charge in [-0.15, -0.1) is 0 Å². The van der Waals surface area contributed by atoms with Crippen molar-refractivity contribution >= 4 is 5.69 Å². The van der Waals surface area contributed by atoms with Crippen molar-refractivity contribution in [1.82, 2.24) is 9.13 Å². The van der Waals surface area contributed by atoms with Gasteiger partial charge in [0.2, 0.25) is 0 Å². The highest BCUT2D eigenvalue weighted by Crippen LogP contribution is 2.16. The zero-order valence-electron chi connectivity index (χ0n) is 12.3. The first-order valence-electron chi connectivity index (χ1n) is 6.70. The van der Waals surface area contributed by atoms with Crippen LogP contribution in [0.4, 0.5) is 10.1 Å². The topological polar surface area (TPSA) is 47.2 Å². The summed E-state index contributed by atoms with van der Waals surface area (Å²) < 4.78 is 15.5. The molecule has 0 radical (unpaired) electrons. The summed E-state index contributed by atoms with van der Waals surface area (Å²) in [4.78, 5) is 25.6. The van der Waals surface area contributed by atoms with Crippen molar-refractivity contribution in [2.24, 2.45) is 14.1 Å². The first-order valence-corrected chi connectivity index (χ1v) is 6.70. The minimum absolute atomic E-state index is 0.296. The molecule has 0 aliphatic carbocycles. The van der Waals surface area contributed by atoms with Crippen molar-refractivity contribution in [3.8, 4) is 0 Å². The molecule has 0 bridgehead atoms. The predicted octanol–water partition coefficient (Wildman–Crippen LogP) is 1.25. The van der Waals surface area contributed by atoms with Gasteiger partial charge in [0.1, 0.15) is 5.82 Å². The summed E-state index contributed by atoms with van der Waals surface area (Å²) in [7, 11) is 3.08. The fourth-order valence-electron chi connectivity index (χ4n) is 2.16. The molecule has 0 unspecified atom stereocenters. The van der Waals surface area contributed by atoms with Crippen LogP contribution in [-0.4, -0.2) is 15.7 Å². The summed E-state index contributed by atoms with van der Waals surface area (Å²) in [6.45, 7) is 3.04. The van der Waals surface area contributed by atoms with Crippen molar-refractivity contribution in [1.29, 1.82) is 0 Å². The van der Waals surface area contributed by atoms with Gasteiger partial charge in [0.05, 0.1) is 6.54 Å². The molecule has 0 saturated carbocycles. The first-order chi connectivity index (χ1) is 9.93. The van der Waals surface area contributed by atoms with Crippen LogP contribution in [0.1, 0.15) is 12.6 Å². The lowest BCUT2D eigenvalue weighted by molar-refractivity contribution is 0.625. The van der Waals surface area contributed by atoms with Gasteiger partial charge in [-0.2, -0.15) is 0 Å². The van der Waals surface area contributed by atoms with Crippen LogP contribution < -0.4 is 16.1 Å². The van der Waals surface area contributed by atoms with E-state index in [0.29, 0.717) is 18.8 Å². The lowest BCUT2D eigenvalue weighted by atomic mass is 10.2. The Balaban J connectivity index is 2.38. The lowest BCUT2D eigenvalue weighted by Crippen LogP contribution is -2.39. The maximum atomic E-state index is 13.0. The third-order valence-electron chi connectivity index (χ3n) is 3.55. The van der Waals surface area contributed by atoms with Gasteiger partial charge < -0.3 is 4.90 Å². The number of benzene rings is 1. The average molecular weight is 291 g/mol. The monoisotopic (exact) mass is 291 g/mol. The number of hydrogen-bond donors (Lipinski definition) is 0. The highest BCUT2D eigenvalue weighted by atomic mass is 19.1. The number of nitrogens with zero attached hydrogens (tertiary/aromatic N) is 3. The quantitative estimate of drug-likeness (QED) is 0.852. The van der Waals surface area contributed by atoms with Gasteiger partial charge in [0, 0.05) is 38.1 Å². The fourth-order valence-corrected chi connectivity index (χ4v) is 2.16. The van der Waals surface area contributed by atoms with Crippen molar-refractivity contribution in [3.63, 3.8) is 0 Å². The number of rotatable bonds is 4. The summed E-state index contributed by atoms with van der Waals surface area (Å²) in [6, 6.07) is 7.59. The molecule has 6 heteroatoms. The summed E-state index contributed by atoms with van der Waals surface area (Å²) in [5.41, 5.74) is 0.775. The maximum Gasteiger partial charge on any atom is 0.330 e. The van der Waals surface area contributed by atoms with E-state index in [2.05, 4.69) is 0 Å². The standard InChI is InChI=1S/C15H18FN3O2/c1-4-19(12-7-5-11(16)6-8-12)10-13-9-14(20)18(3)15(21)17(13)2/h5-9H,4,10H2,1-3H3. The van der Waals surface area contributed by atoms with Crippen LogP contribution in [0.15, 0.2) is 39.9 Å². The van der Waals surface area contributed by atoms with Gasteiger partial charge in [-0.05, 0) is 31.2 Å². The highest BCUT2D eigenvalue weighted by molar-refractivity contribution is 5.46. The highest BCUT2D eigenvalue weighted by Gasteiger charge is 2.11. The lowest BCUT2D eigenvalue weighted by Gasteiger charge is -2.24. The normalized spacial score (nSPS) is 10.7. The number of hydrogen-bond acceptors (Lipinski definition) is 3. The van der Waals surface area contributed by atoms with Gasteiger partial charge in [0.25, 0.3) is 5.56 Å². The zero-order chi connectivity index (χ0) is 15.6. The molecule has 0 saturated heterocycles. The molecule has 0 aliphatic rings. The third-order valence-corrected chi connectivity index (χ3v) is 3.55. The molecular formula is C15H18FN3O2. The number of anilines is 1. The van der Waals surface area contributed by atoms with Crippen LogP contribution >= 0.6 is 0 Å². The van der Waals surface area contributed by atoms with E-state index in [0.717, 1.165) is 10.3 Å². The van der Waals surface area contributed by atoms with Crippen LogP contribution in [0.25, 0.3) is 0 Å². The van der Waals surface area contributed by atoms with E-state index in [1.54, 1.807) is 19.2 Å². The molecule has 112 valence electrons. The smallest absolute Gasteiger partial charge is 0.330 e. The number of halogens is 1. The molecule has 0 amide bonds. The van der Waals surface area contributed by atoms with Crippen molar-refractivity contribution in [2.75, 3.05) is 11.4 Å². The van der Waals surface area contributed by atoms with E-state index in [9.17, 15) is 14.0 Å². The molecule has 0 fully saturated rings. The Morgan fingerprint density at radius 1 is 1.10 bits per heavy atom. The Morgan fingerprint density at radius 3 is 2.29 bits per heavy atom. The Kier molecular flexibility index (Phi) is 4.26. The molecule has 2 aromatic rings. The molecule has 21 heavy (non-hydrogen) atoms. The Hall–Kier alpha value is -2.37. The molecule has 0 aliphatic heterocycles. The van der Waals surface area contributed by atoms with Crippen molar-refractivity contribution in [2.45, 2.75) is 13.5 Å². The van der Waals surface area contributed by atoms with E-state index in [-0.39, 0.29) is 17.1 Å². The second kappa shape index (κ2) is 5.95. The first kappa shape index (κ1) is 15.0. The van der Waals surface area contributed by atoms with E-state index < -0.39 is 0 Å². The minimum atomic E-state index is -0.354. The van der Waals surface area contributed by atoms with Crippen LogP contribution in [0.3, 0.4) is 0 Å². The largest absolute Gasteiger partial charge is 0.366 e. The average Bonchev–Trinajstić information content (AvgIpc) is 2.48. The molecule has 1 aromatic heterocycles. The Bertz CT molecular complexity index is 747. The second-order valence-corrected chi connectivity index (χ2v) is 4.87. The van der Waals surface area contributed by atoms with Crippen LogP contribution in [0.2, 0.25) is 0 Å². The number of aromatic nitrogens is 2. The van der Waals surface area contributed by atoms with Crippen molar-refractivity contribution in [3.05, 3.63) is 62.7 Å². The molecular weight excluding hydrogens is 273 g/mol. The maximum absolute atomic E-state index is 13.0. The van der Waals surface area contributed by atoms with Gasteiger partial charge in [-0.1, -0.05) is 0 Å². The fraction of sp³-hybridized carbons (Fsp3) is 0.333. The van der Waals surface area contributed by atoms with Crippen LogP contribution in [0.5, 0.6) is 0 Å². The summed E-state index contributed by atoms with van der Waals surface area (Å²) in [5, 5.41) is 0. The molecule has 2 rings (SSSR count). The second-order valence-electron chi connectivity index (χ2n) is 4.87. The summed E-state index contributed by atoms with van der Waals surface area (Å²) in [5.74, 6) is -0.296. The van der Waals surface area contributed by atoms with E-state index >= 15 is 0 Å². The SMILES string of the molecule is CCN(Cc1cc(=O)n(C)c(=O)n1C)c1ccc(F)cc1. The predicted molar refractivity (Wildman–Crippen MR) is 80.0 cm³/mol. The molecule has 0 spiro atoms. The van der Waals surface area contributed by atoms with Gasteiger partial charge in [-0.25, -0.2) is 9.18 Å². The van der Waals surface area contributed by atoms with Crippen molar-refractivity contribution < 1.29 is 4.39 Å². The van der Waals surface area contributed by atoms with Gasteiger partial charge >= 0.3 is 5.69 Å². The van der Waals surface area contributed by atoms with Gasteiger partial charge in [0.15, 0.2) is 0 Å². The zero-order valence-corrected chi connectivity index (χ0v) is 12.3. The van der Waals surface area contributed by atoms with Crippen LogP contribution in [0, 0.1) is 5.82 Å². The third kappa shape index (κ3) is 3.04. The molecule has 1 heterocycles. The van der Waals surface area contributed by atoms with Gasteiger partial charge in [-0.3, -0.25) is 13.9 Å². The summed E-state index contributed by atoms with van der Waals surface area (Å²) >= 11 is 0. The van der Waals surface area contributed by atoms with E-state index in [4.69, 9.17) is 0 Å². The van der Waals surface area contributed by atoms with E-state index in [1.807, 2.05) is 11.8 Å². The Labute approximate surface area is 121 Å². The molecule has 0 N–H and O–H groups in total.